The van der Waals surface area contributed by atoms with Crippen molar-refractivity contribution in [2.45, 2.75) is 64.1 Å². The molecule has 2 N–H and O–H groups in total. The fourth-order valence-electron chi connectivity index (χ4n) is 2.74. The number of ether oxygens (including phenoxy) is 1. The lowest BCUT2D eigenvalue weighted by atomic mass is 10.1. The highest BCUT2D eigenvalue weighted by atomic mass is 16.5. The standard InChI is InChI=1S/C18H25NO4/c20-17(7-3-4-8-18(21)22)19-15-11-9-14(10-12-15)13-23-16-5-1-2-6-16/h9-12,16H,1-8,13H2,(H,19,20)(H,21,22). The van der Waals surface area contributed by atoms with E-state index >= 15 is 0 Å². The summed E-state index contributed by atoms with van der Waals surface area (Å²) in [6.45, 7) is 0.619. The van der Waals surface area contributed by atoms with Gasteiger partial charge in [0.05, 0.1) is 12.7 Å². The summed E-state index contributed by atoms with van der Waals surface area (Å²) in [4.78, 5) is 22.2. The van der Waals surface area contributed by atoms with Gasteiger partial charge in [0.15, 0.2) is 0 Å². The Bertz CT molecular complexity index is 506. The van der Waals surface area contributed by atoms with Crippen LogP contribution in [0.1, 0.15) is 56.9 Å². The minimum Gasteiger partial charge on any atom is -0.481 e. The van der Waals surface area contributed by atoms with E-state index in [0.29, 0.717) is 32.0 Å². The normalized spacial score (nSPS) is 14.8. The minimum atomic E-state index is -0.819. The van der Waals surface area contributed by atoms with Gasteiger partial charge in [0.2, 0.25) is 5.91 Å². The molecule has 1 amide bonds. The number of carbonyl (C=O) groups excluding carboxylic acids is 1. The first-order valence-electron chi connectivity index (χ1n) is 8.35. The Morgan fingerprint density at radius 3 is 2.39 bits per heavy atom. The van der Waals surface area contributed by atoms with Crippen molar-refractivity contribution in [3.8, 4) is 0 Å². The first kappa shape index (κ1) is 17.5. The van der Waals surface area contributed by atoms with Crippen LogP contribution in [0.4, 0.5) is 5.69 Å². The number of carboxylic acid groups (broad SMARTS) is 1. The second kappa shape index (κ2) is 9.30. The molecule has 0 atom stereocenters. The summed E-state index contributed by atoms with van der Waals surface area (Å²) in [5, 5.41) is 11.4. The van der Waals surface area contributed by atoms with Gasteiger partial charge in [-0.25, -0.2) is 0 Å². The van der Waals surface area contributed by atoms with E-state index in [1.54, 1.807) is 0 Å². The number of carboxylic acids is 1. The molecule has 23 heavy (non-hydrogen) atoms. The van der Waals surface area contributed by atoms with Gasteiger partial charge < -0.3 is 15.2 Å². The zero-order chi connectivity index (χ0) is 16.5. The van der Waals surface area contributed by atoms with Crippen molar-refractivity contribution in [3.63, 3.8) is 0 Å². The van der Waals surface area contributed by atoms with E-state index in [1.165, 1.54) is 12.8 Å². The Hall–Kier alpha value is -1.88. The number of hydrogen-bond donors (Lipinski definition) is 2. The van der Waals surface area contributed by atoms with Gasteiger partial charge in [-0.15, -0.1) is 0 Å². The first-order chi connectivity index (χ1) is 11.1. The molecule has 126 valence electrons. The van der Waals surface area contributed by atoms with Gasteiger partial charge in [-0.2, -0.15) is 0 Å². The lowest BCUT2D eigenvalue weighted by Crippen LogP contribution is -2.11. The van der Waals surface area contributed by atoms with Gasteiger partial charge in [-0.05, 0) is 43.4 Å². The molecule has 1 aliphatic rings. The molecule has 5 nitrogen and oxygen atoms in total. The monoisotopic (exact) mass is 319 g/mol. The average molecular weight is 319 g/mol. The van der Waals surface area contributed by atoms with E-state index in [0.717, 1.165) is 24.1 Å². The quantitative estimate of drug-likeness (QED) is 0.680. The first-order valence-corrected chi connectivity index (χ1v) is 8.35. The number of carbonyl (C=O) groups is 2. The van der Waals surface area contributed by atoms with Crippen molar-refractivity contribution in [1.29, 1.82) is 0 Å². The van der Waals surface area contributed by atoms with E-state index in [-0.39, 0.29) is 12.3 Å². The van der Waals surface area contributed by atoms with Gasteiger partial charge in [0.25, 0.3) is 0 Å². The Labute approximate surface area is 137 Å². The summed E-state index contributed by atoms with van der Waals surface area (Å²) in [5.41, 5.74) is 1.87. The van der Waals surface area contributed by atoms with Gasteiger partial charge in [0.1, 0.15) is 0 Å². The van der Waals surface area contributed by atoms with Crippen molar-refractivity contribution in [1.82, 2.24) is 0 Å². The molecule has 0 unspecified atom stereocenters. The summed E-state index contributed by atoms with van der Waals surface area (Å²) in [6.07, 6.45) is 6.84. The molecular weight excluding hydrogens is 294 g/mol. The third kappa shape index (κ3) is 6.82. The van der Waals surface area contributed by atoms with Gasteiger partial charge in [-0.1, -0.05) is 25.0 Å². The molecule has 0 spiro atoms. The van der Waals surface area contributed by atoms with Crippen LogP contribution in [0.25, 0.3) is 0 Å². The number of rotatable bonds is 9. The number of unbranched alkanes of at least 4 members (excludes halogenated alkanes) is 1. The number of anilines is 1. The van der Waals surface area contributed by atoms with E-state index in [4.69, 9.17) is 9.84 Å². The smallest absolute Gasteiger partial charge is 0.303 e. The fraction of sp³-hybridized carbons (Fsp3) is 0.556. The predicted molar refractivity (Wildman–Crippen MR) is 88.2 cm³/mol. The van der Waals surface area contributed by atoms with Gasteiger partial charge >= 0.3 is 5.97 Å². The number of amides is 1. The fourth-order valence-corrected chi connectivity index (χ4v) is 2.74. The zero-order valence-corrected chi connectivity index (χ0v) is 13.4. The predicted octanol–water partition coefficient (Wildman–Crippen LogP) is 3.73. The van der Waals surface area contributed by atoms with Crippen LogP contribution in [-0.4, -0.2) is 23.1 Å². The van der Waals surface area contributed by atoms with Crippen molar-refractivity contribution in [3.05, 3.63) is 29.8 Å². The molecule has 0 aliphatic heterocycles. The Balaban J connectivity index is 1.67. The summed E-state index contributed by atoms with van der Waals surface area (Å²) in [5.74, 6) is -0.897. The number of aliphatic carboxylic acids is 1. The van der Waals surface area contributed by atoms with E-state index in [9.17, 15) is 9.59 Å². The highest BCUT2D eigenvalue weighted by molar-refractivity contribution is 5.90. The van der Waals surface area contributed by atoms with Crippen molar-refractivity contribution in [2.75, 3.05) is 5.32 Å². The molecule has 1 saturated carbocycles. The Morgan fingerprint density at radius 1 is 1.09 bits per heavy atom. The third-order valence-electron chi connectivity index (χ3n) is 4.07. The van der Waals surface area contributed by atoms with Crippen molar-refractivity contribution >= 4 is 17.6 Å². The van der Waals surface area contributed by atoms with Crippen molar-refractivity contribution in [2.24, 2.45) is 0 Å². The van der Waals surface area contributed by atoms with E-state index in [2.05, 4.69) is 5.32 Å². The molecule has 1 aromatic rings. The molecule has 5 heteroatoms. The molecule has 1 aromatic carbocycles. The van der Waals surface area contributed by atoms with Crippen LogP contribution in [0.5, 0.6) is 0 Å². The highest BCUT2D eigenvalue weighted by Crippen LogP contribution is 2.22. The zero-order valence-electron chi connectivity index (χ0n) is 13.4. The highest BCUT2D eigenvalue weighted by Gasteiger charge is 2.15. The van der Waals surface area contributed by atoms with Crippen LogP contribution in [0.2, 0.25) is 0 Å². The molecule has 0 heterocycles. The van der Waals surface area contributed by atoms with Crippen molar-refractivity contribution < 1.29 is 19.4 Å². The third-order valence-corrected chi connectivity index (χ3v) is 4.07. The molecule has 0 bridgehead atoms. The lowest BCUT2D eigenvalue weighted by molar-refractivity contribution is -0.137. The molecule has 0 aromatic heterocycles. The molecule has 0 saturated heterocycles. The van der Waals surface area contributed by atoms with Crippen LogP contribution < -0.4 is 5.32 Å². The lowest BCUT2D eigenvalue weighted by Gasteiger charge is -2.11. The average Bonchev–Trinajstić information content (AvgIpc) is 3.04. The minimum absolute atomic E-state index is 0.0784. The summed E-state index contributed by atoms with van der Waals surface area (Å²) < 4.78 is 5.86. The Kier molecular flexibility index (Phi) is 7.07. The maximum Gasteiger partial charge on any atom is 0.303 e. The van der Waals surface area contributed by atoms with Gasteiger partial charge in [-0.3, -0.25) is 9.59 Å². The second-order valence-corrected chi connectivity index (χ2v) is 6.06. The Morgan fingerprint density at radius 2 is 1.74 bits per heavy atom. The molecule has 2 rings (SSSR count). The number of hydrogen-bond acceptors (Lipinski definition) is 3. The summed E-state index contributed by atoms with van der Waals surface area (Å²) in [7, 11) is 0. The number of nitrogens with one attached hydrogen (secondary N) is 1. The van der Waals surface area contributed by atoms with Crippen LogP contribution in [0, 0.1) is 0 Å². The molecular formula is C18H25NO4. The van der Waals surface area contributed by atoms with Crippen LogP contribution in [0.3, 0.4) is 0 Å². The van der Waals surface area contributed by atoms with Gasteiger partial charge in [0, 0.05) is 18.5 Å². The van der Waals surface area contributed by atoms with E-state index < -0.39 is 5.97 Å². The van der Waals surface area contributed by atoms with Crippen LogP contribution in [-0.2, 0) is 20.9 Å². The van der Waals surface area contributed by atoms with E-state index in [1.807, 2.05) is 24.3 Å². The maximum atomic E-state index is 11.8. The summed E-state index contributed by atoms with van der Waals surface area (Å²) >= 11 is 0. The second-order valence-electron chi connectivity index (χ2n) is 6.06. The maximum absolute atomic E-state index is 11.8. The molecule has 0 radical (unpaired) electrons. The van der Waals surface area contributed by atoms with Crippen LogP contribution >= 0.6 is 0 Å². The molecule has 1 fully saturated rings. The largest absolute Gasteiger partial charge is 0.481 e. The van der Waals surface area contributed by atoms with Crippen LogP contribution in [0.15, 0.2) is 24.3 Å². The topological polar surface area (TPSA) is 75.6 Å². The SMILES string of the molecule is O=C(O)CCCCC(=O)Nc1ccc(COC2CCCC2)cc1. The molecule has 1 aliphatic carbocycles. The summed E-state index contributed by atoms with van der Waals surface area (Å²) in [6, 6.07) is 7.69. The number of benzene rings is 1.